The molecule has 4 amide bonds. The highest BCUT2D eigenvalue weighted by Crippen LogP contribution is 2.06. The number of amides is 4. The summed E-state index contributed by atoms with van der Waals surface area (Å²) in [6.45, 7) is 11.2. The molecule has 0 aromatic carbocycles. The van der Waals surface area contributed by atoms with Crippen LogP contribution in [0.15, 0.2) is 24.3 Å². The van der Waals surface area contributed by atoms with E-state index in [1.54, 1.807) is 13.8 Å². The number of carbonyl (C=O) groups excluding carboxylic acids is 4. The molecule has 0 aromatic heterocycles. The molecule has 0 aliphatic carbocycles. The van der Waals surface area contributed by atoms with Crippen LogP contribution in [0, 0.1) is 0 Å². The molecule has 2 unspecified atom stereocenters. The maximum atomic E-state index is 12.6. The van der Waals surface area contributed by atoms with Crippen molar-refractivity contribution in [3.8, 4) is 0 Å². The van der Waals surface area contributed by atoms with Gasteiger partial charge in [0, 0.05) is 17.7 Å². The SMILES string of the molecule is C=C(C)C(=O)NCCCCC(NC(=O)C(CCCCN)NC(=O)C(=C)C)C(N)=O. The first kappa shape index (κ1) is 26.3. The lowest BCUT2D eigenvalue weighted by Gasteiger charge is -2.22. The van der Waals surface area contributed by atoms with Crippen molar-refractivity contribution < 1.29 is 19.2 Å². The highest BCUT2D eigenvalue weighted by molar-refractivity contribution is 5.97. The van der Waals surface area contributed by atoms with Crippen molar-refractivity contribution in [1.29, 1.82) is 0 Å². The molecule has 9 heteroatoms. The molecule has 9 nitrogen and oxygen atoms in total. The second-order valence-corrected chi connectivity index (χ2v) is 7.09. The van der Waals surface area contributed by atoms with Crippen LogP contribution in [0.5, 0.6) is 0 Å². The average molecular weight is 410 g/mol. The number of primary amides is 1. The Kier molecular flexibility index (Phi) is 13.0. The quantitative estimate of drug-likeness (QED) is 0.190. The molecule has 0 rings (SSSR count). The minimum atomic E-state index is -0.863. The Balaban J connectivity index is 4.71. The lowest BCUT2D eigenvalue weighted by atomic mass is 10.1. The number of nitrogens with two attached hydrogens (primary N) is 2. The molecule has 0 fully saturated rings. The van der Waals surface area contributed by atoms with E-state index in [1.807, 2.05) is 0 Å². The lowest BCUT2D eigenvalue weighted by Crippen LogP contribution is -2.53. The summed E-state index contributed by atoms with van der Waals surface area (Å²) in [4.78, 5) is 47.7. The molecule has 29 heavy (non-hydrogen) atoms. The van der Waals surface area contributed by atoms with Gasteiger partial charge in [-0.1, -0.05) is 13.2 Å². The van der Waals surface area contributed by atoms with E-state index in [2.05, 4.69) is 29.1 Å². The zero-order valence-corrected chi connectivity index (χ0v) is 17.5. The third kappa shape index (κ3) is 11.7. The highest BCUT2D eigenvalue weighted by Gasteiger charge is 2.25. The standard InChI is InChI=1S/C20H35N5O4/c1-13(2)18(27)23-12-8-6-9-15(17(22)26)24-20(29)16(10-5-7-11-21)25-19(28)14(3)4/h15-16H,1,3,5-12,21H2,2,4H3,(H2,22,26)(H,23,27)(H,24,29)(H,25,28). The van der Waals surface area contributed by atoms with Crippen molar-refractivity contribution in [2.45, 2.75) is 64.5 Å². The van der Waals surface area contributed by atoms with E-state index in [-0.39, 0.29) is 11.5 Å². The molecule has 2 atom stereocenters. The zero-order chi connectivity index (χ0) is 22.4. The van der Waals surface area contributed by atoms with Gasteiger partial charge in [0.05, 0.1) is 0 Å². The Hall–Kier alpha value is -2.68. The molecule has 7 N–H and O–H groups in total. The number of unbranched alkanes of at least 4 members (excludes halogenated alkanes) is 2. The van der Waals surface area contributed by atoms with E-state index in [0.29, 0.717) is 57.2 Å². The van der Waals surface area contributed by atoms with Gasteiger partial charge >= 0.3 is 0 Å². The summed E-state index contributed by atoms with van der Waals surface area (Å²) >= 11 is 0. The van der Waals surface area contributed by atoms with Crippen LogP contribution in [0.25, 0.3) is 0 Å². The van der Waals surface area contributed by atoms with Crippen LogP contribution in [-0.4, -0.2) is 48.8 Å². The fourth-order valence-electron chi connectivity index (χ4n) is 2.43. The average Bonchev–Trinajstić information content (AvgIpc) is 2.65. The predicted molar refractivity (Wildman–Crippen MR) is 112 cm³/mol. The molecular weight excluding hydrogens is 374 g/mol. The van der Waals surface area contributed by atoms with Crippen molar-refractivity contribution in [2.24, 2.45) is 11.5 Å². The fourth-order valence-corrected chi connectivity index (χ4v) is 2.43. The van der Waals surface area contributed by atoms with Gasteiger partial charge in [-0.3, -0.25) is 19.2 Å². The van der Waals surface area contributed by atoms with Gasteiger partial charge in [-0.2, -0.15) is 0 Å². The van der Waals surface area contributed by atoms with Gasteiger partial charge in [0.2, 0.25) is 23.6 Å². The molecule has 0 aromatic rings. The summed E-state index contributed by atoms with van der Waals surface area (Å²) in [6.07, 6.45) is 3.26. The number of rotatable bonds is 15. The summed E-state index contributed by atoms with van der Waals surface area (Å²) < 4.78 is 0. The van der Waals surface area contributed by atoms with E-state index in [1.165, 1.54) is 0 Å². The smallest absolute Gasteiger partial charge is 0.246 e. The summed E-state index contributed by atoms with van der Waals surface area (Å²) in [6, 6.07) is -1.67. The van der Waals surface area contributed by atoms with E-state index in [0.717, 1.165) is 0 Å². The van der Waals surface area contributed by atoms with E-state index >= 15 is 0 Å². The van der Waals surface area contributed by atoms with Crippen LogP contribution >= 0.6 is 0 Å². The molecule has 164 valence electrons. The zero-order valence-electron chi connectivity index (χ0n) is 17.5. The number of hydrogen-bond donors (Lipinski definition) is 5. The summed E-state index contributed by atoms with van der Waals surface area (Å²) in [5, 5.41) is 7.93. The summed E-state index contributed by atoms with van der Waals surface area (Å²) in [5.74, 6) is -1.78. The van der Waals surface area contributed by atoms with Crippen molar-refractivity contribution >= 4 is 23.6 Å². The first-order valence-electron chi connectivity index (χ1n) is 9.80. The Morgan fingerprint density at radius 2 is 1.38 bits per heavy atom. The van der Waals surface area contributed by atoms with Crippen molar-refractivity contribution in [3.63, 3.8) is 0 Å². The highest BCUT2D eigenvalue weighted by atomic mass is 16.2. The summed E-state index contributed by atoms with van der Waals surface area (Å²) in [5.41, 5.74) is 11.6. The summed E-state index contributed by atoms with van der Waals surface area (Å²) in [7, 11) is 0. The number of carbonyl (C=O) groups is 4. The van der Waals surface area contributed by atoms with Gasteiger partial charge < -0.3 is 27.4 Å². The Labute approximate surface area is 172 Å². The van der Waals surface area contributed by atoms with Gasteiger partial charge in [0.25, 0.3) is 0 Å². The Bertz CT molecular complexity index is 618. The van der Waals surface area contributed by atoms with E-state index in [4.69, 9.17) is 11.5 Å². The first-order valence-corrected chi connectivity index (χ1v) is 9.80. The Morgan fingerprint density at radius 3 is 1.90 bits per heavy atom. The fraction of sp³-hybridized carbons (Fsp3) is 0.600. The number of hydrogen-bond acceptors (Lipinski definition) is 5. The topological polar surface area (TPSA) is 156 Å². The largest absolute Gasteiger partial charge is 0.368 e. The van der Waals surface area contributed by atoms with Gasteiger partial charge in [0.1, 0.15) is 12.1 Å². The number of nitrogens with one attached hydrogen (secondary N) is 3. The minimum Gasteiger partial charge on any atom is -0.368 e. The molecule has 0 radical (unpaired) electrons. The third-order valence-corrected chi connectivity index (χ3v) is 4.21. The van der Waals surface area contributed by atoms with Gasteiger partial charge in [-0.05, 0) is 58.9 Å². The normalized spacial score (nSPS) is 12.4. The molecule has 0 saturated carbocycles. The van der Waals surface area contributed by atoms with Crippen molar-refractivity contribution in [3.05, 3.63) is 24.3 Å². The minimum absolute atomic E-state index is 0.224. The van der Waals surface area contributed by atoms with Crippen molar-refractivity contribution in [1.82, 2.24) is 16.0 Å². The van der Waals surface area contributed by atoms with Crippen LogP contribution < -0.4 is 27.4 Å². The third-order valence-electron chi connectivity index (χ3n) is 4.21. The van der Waals surface area contributed by atoms with Crippen LogP contribution in [0.4, 0.5) is 0 Å². The second kappa shape index (κ2) is 14.3. The molecule has 0 spiro atoms. The molecule has 0 bridgehead atoms. The molecule has 0 aliphatic rings. The molecule has 0 saturated heterocycles. The van der Waals surface area contributed by atoms with Gasteiger partial charge in [-0.25, -0.2) is 0 Å². The van der Waals surface area contributed by atoms with Crippen LogP contribution in [-0.2, 0) is 19.2 Å². The first-order chi connectivity index (χ1) is 13.6. The van der Waals surface area contributed by atoms with Crippen molar-refractivity contribution in [2.75, 3.05) is 13.1 Å². The Morgan fingerprint density at radius 1 is 0.828 bits per heavy atom. The van der Waals surface area contributed by atoms with E-state index in [9.17, 15) is 19.2 Å². The van der Waals surface area contributed by atoms with Crippen LogP contribution in [0.2, 0.25) is 0 Å². The van der Waals surface area contributed by atoms with Gasteiger partial charge in [-0.15, -0.1) is 0 Å². The monoisotopic (exact) mass is 409 g/mol. The lowest BCUT2D eigenvalue weighted by molar-refractivity contribution is -0.130. The maximum Gasteiger partial charge on any atom is 0.246 e. The maximum absolute atomic E-state index is 12.6. The molecule has 0 heterocycles. The van der Waals surface area contributed by atoms with Crippen LogP contribution in [0.1, 0.15) is 52.4 Å². The second-order valence-electron chi connectivity index (χ2n) is 7.09. The molecule has 0 aliphatic heterocycles. The van der Waals surface area contributed by atoms with E-state index < -0.39 is 29.8 Å². The van der Waals surface area contributed by atoms with Gasteiger partial charge in [0.15, 0.2) is 0 Å². The predicted octanol–water partition coefficient (Wildman–Crippen LogP) is 0.00900. The molecular formula is C20H35N5O4. The van der Waals surface area contributed by atoms with Crippen LogP contribution in [0.3, 0.4) is 0 Å².